The summed E-state index contributed by atoms with van der Waals surface area (Å²) in [7, 11) is 0. The standard InChI is InChI=1S/C84H88N8/c1-17-57-45(9)69-65(53-37-29-25-30-38-53)70-47(11)59(19-3)79(87-70)80-61(21-5)49(13)73(89-80)67(55-41-33-27-34-42-55)74-51(15)63(23-7)83(91-74)84-64(24-8)52(16)76(92-84)68(56-43-35-28-36-44-56)75-50(14)62(22-6)82(90-75)81-60(20-4)48(12)72(88-81)66(54-39-31-26-32-40-54)71-46(10)58(18-2)78(86-71)77(57)85-69/h25-44,85-86,89-90H,17-24H2,1-16H3. The largest absolute Gasteiger partial charge is 0.353 e. The van der Waals surface area contributed by atoms with Gasteiger partial charge in [0.15, 0.2) is 0 Å². The lowest BCUT2D eigenvalue weighted by molar-refractivity contribution is 1.03. The highest BCUT2D eigenvalue weighted by Crippen LogP contribution is 2.43. The van der Waals surface area contributed by atoms with Crippen molar-refractivity contribution in [3.05, 3.63) is 287 Å². The predicted octanol–water partition coefficient (Wildman–Crippen LogP) is 15.1. The molecular formula is C84H88N8. The minimum Gasteiger partial charge on any atom is -0.353 e. The molecule has 8 aromatic rings. The summed E-state index contributed by atoms with van der Waals surface area (Å²) >= 11 is 0. The van der Waals surface area contributed by atoms with Gasteiger partial charge >= 0.3 is 0 Å². The molecule has 4 N–H and O–H groups in total. The Morgan fingerprint density at radius 3 is 0.674 bits per heavy atom. The summed E-state index contributed by atoms with van der Waals surface area (Å²) in [5, 5.41) is 8.70. The molecule has 16 bridgehead atoms. The van der Waals surface area contributed by atoms with Crippen molar-refractivity contribution in [1.29, 1.82) is 0 Å². The fourth-order valence-electron chi connectivity index (χ4n) is 16.0. The molecule has 0 unspecified atom stereocenters. The second-order valence-electron chi connectivity index (χ2n) is 25.4. The highest BCUT2D eigenvalue weighted by atomic mass is 14.9. The van der Waals surface area contributed by atoms with E-state index in [1.807, 2.05) is 0 Å². The number of aromatic amines is 4. The number of nitrogens with zero attached hydrogens (tertiary/aromatic N) is 4. The molecule has 0 radical (unpaired) electrons. The molecule has 8 nitrogen and oxygen atoms in total. The lowest BCUT2D eigenvalue weighted by Crippen LogP contribution is -2.21. The molecule has 8 heteroatoms. The second-order valence-corrected chi connectivity index (χ2v) is 25.4. The monoisotopic (exact) mass is 1210 g/mol. The van der Waals surface area contributed by atoms with Gasteiger partial charge in [0.25, 0.3) is 0 Å². The van der Waals surface area contributed by atoms with Crippen LogP contribution in [0, 0.1) is 38.4 Å². The molecule has 0 spiro atoms. The van der Waals surface area contributed by atoms with Crippen LogP contribution in [0.4, 0.5) is 0 Å². The van der Waals surface area contributed by atoms with Gasteiger partial charge in [-0.25, -0.2) is 20.0 Å². The number of allylic oxidation sites excluding steroid dienone is 6. The summed E-state index contributed by atoms with van der Waals surface area (Å²) in [5.74, 6) is 0. The molecule has 0 fully saturated rings. The van der Waals surface area contributed by atoms with Gasteiger partial charge in [0.05, 0.1) is 88.4 Å². The Morgan fingerprint density at radius 2 is 0.446 bits per heavy atom. The first-order valence-electron chi connectivity index (χ1n) is 33.9. The van der Waals surface area contributed by atoms with Crippen LogP contribution in [0.1, 0.15) is 176 Å². The van der Waals surface area contributed by atoms with Crippen molar-refractivity contribution in [3.63, 3.8) is 0 Å². The van der Waals surface area contributed by atoms with Crippen molar-refractivity contribution in [2.75, 3.05) is 0 Å². The SMILES string of the molecule is CCC1=C(C)C2=NC1=C1N=C(C(C)=C1CC)C(c1ccccc1)=c1[nH]c(c(CC)c1C)=C1N=C(C(C)=C1CC)C(c1ccccc1)=c1[nH]c(c(CC)c1C)=c1[nH]c(c(C)c1CC)=C(c1ccccc1)C1=NC(=c3[nH]c(c(C)c3CC)=C2c2ccccc2)C(CC)=C1C. The van der Waals surface area contributed by atoms with E-state index in [4.69, 9.17) is 20.0 Å². The topological polar surface area (TPSA) is 113 Å². The maximum absolute atomic E-state index is 5.96. The number of hydrogen-bond acceptors (Lipinski definition) is 4. The molecule has 5 aliphatic rings. The van der Waals surface area contributed by atoms with E-state index >= 15 is 0 Å². The number of aromatic nitrogens is 4. The average Bonchev–Trinajstić information content (AvgIpc) is 1.62. The molecule has 0 saturated carbocycles. The van der Waals surface area contributed by atoms with Crippen LogP contribution in [0.25, 0.3) is 33.7 Å². The smallest absolute Gasteiger partial charge is 0.0932 e. The number of rotatable bonds is 12. The summed E-state index contributed by atoms with van der Waals surface area (Å²) in [6, 6.07) is 43.7. The van der Waals surface area contributed by atoms with E-state index in [2.05, 4.69) is 252 Å². The lowest BCUT2D eigenvalue weighted by Gasteiger charge is -2.10. The lowest BCUT2D eigenvalue weighted by atomic mass is 9.91. The molecule has 92 heavy (non-hydrogen) atoms. The molecule has 0 atom stereocenters. The Kier molecular flexibility index (Phi) is 16.5. The van der Waals surface area contributed by atoms with Gasteiger partial charge in [0.1, 0.15) is 0 Å². The van der Waals surface area contributed by atoms with Crippen molar-refractivity contribution >= 4 is 56.5 Å². The van der Waals surface area contributed by atoms with Crippen molar-refractivity contribution < 1.29 is 0 Å². The Balaban J connectivity index is 1.28. The van der Waals surface area contributed by atoms with Crippen LogP contribution in [0.5, 0.6) is 0 Å². The van der Waals surface area contributed by atoms with Gasteiger partial charge < -0.3 is 19.9 Å². The van der Waals surface area contributed by atoms with Gasteiger partial charge in [0.2, 0.25) is 0 Å². The van der Waals surface area contributed by atoms with E-state index in [-0.39, 0.29) is 0 Å². The molecular weight excluding hydrogens is 1120 g/mol. The fraction of sp³-hybridized carbons (Fsp3) is 0.286. The Bertz CT molecular complexity index is 4930. The molecule has 4 aromatic heterocycles. The molecule has 464 valence electrons. The van der Waals surface area contributed by atoms with Gasteiger partial charge in [-0.1, -0.05) is 177 Å². The quantitative estimate of drug-likeness (QED) is 0.0934. The third-order valence-corrected chi connectivity index (χ3v) is 20.8. The van der Waals surface area contributed by atoms with Gasteiger partial charge in [0, 0.05) is 22.3 Å². The first-order valence-corrected chi connectivity index (χ1v) is 33.9. The van der Waals surface area contributed by atoms with Crippen molar-refractivity contribution in [2.24, 2.45) is 20.0 Å². The van der Waals surface area contributed by atoms with E-state index in [9.17, 15) is 0 Å². The number of nitrogens with one attached hydrogen (secondary N) is 4. The highest BCUT2D eigenvalue weighted by Gasteiger charge is 2.35. The van der Waals surface area contributed by atoms with E-state index in [0.29, 0.717) is 0 Å². The Labute approximate surface area is 542 Å². The van der Waals surface area contributed by atoms with Crippen LogP contribution in [0.2, 0.25) is 0 Å². The van der Waals surface area contributed by atoms with E-state index < -0.39 is 0 Å². The van der Waals surface area contributed by atoms with Crippen molar-refractivity contribution in [2.45, 2.75) is 162 Å². The zero-order valence-corrected chi connectivity index (χ0v) is 57.0. The maximum Gasteiger partial charge on any atom is 0.0932 e. The number of fused-ring (bicyclic) bond motifs is 12. The van der Waals surface area contributed by atoms with Crippen LogP contribution in [0.3, 0.4) is 0 Å². The summed E-state index contributed by atoms with van der Waals surface area (Å²) < 4.78 is 0. The van der Waals surface area contributed by atoms with Gasteiger partial charge in [-0.2, -0.15) is 0 Å². The van der Waals surface area contributed by atoms with Crippen molar-refractivity contribution in [3.8, 4) is 0 Å². The third-order valence-electron chi connectivity index (χ3n) is 20.8. The Hall–Kier alpha value is -9.40. The number of aliphatic imine (C=N–C) groups is 4. The average molecular weight is 1210 g/mol. The van der Waals surface area contributed by atoms with Gasteiger partial charge in [-0.15, -0.1) is 0 Å². The van der Waals surface area contributed by atoms with Crippen LogP contribution in [-0.4, -0.2) is 42.8 Å². The zero-order chi connectivity index (χ0) is 64.5. The molecule has 0 saturated heterocycles. The first-order chi connectivity index (χ1) is 44.7. The minimum atomic E-state index is 0.798. The van der Waals surface area contributed by atoms with Gasteiger partial charge in [-0.3, -0.25) is 0 Å². The Morgan fingerprint density at radius 1 is 0.239 bits per heavy atom. The minimum absolute atomic E-state index is 0.798. The normalized spacial score (nSPS) is 16.1. The molecule has 0 amide bonds. The second kappa shape index (κ2) is 24.7. The summed E-state index contributed by atoms with van der Waals surface area (Å²) in [6.07, 6.45) is 6.54. The van der Waals surface area contributed by atoms with Crippen LogP contribution in [0.15, 0.2) is 197 Å². The predicted molar refractivity (Wildman–Crippen MR) is 386 cm³/mol. The van der Waals surface area contributed by atoms with Crippen LogP contribution in [-0.2, 0) is 25.7 Å². The first kappa shape index (κ1) is 61.5. The molecule has 5 aliphatic heterocycles. The van der Waals surface area contributed by atoms with Gasteiger partial charge in [-0.05, 0) is 218 Å². The summed E-state index contributed by atoms with van der Waals surface area (Å²) in [5.41, 5.74) is 36.4. The van der Waals surface area contributed by atoms with Crippen LogP contribution >= 0.6 is 0 Å². The number of hydrogen-bond donors (Lipinski definition) is 4. The van der Waals surface area contributed by atoms with E-state index in [1.54, 1.807) is 0 Å². The van der Waals surface area contributed by atoms with Crippen molar-refractivity contribution in [1.82, 2.24) is 19.9 Å². The molecule has 13 rings (SSSR count). The summed E-state index contributed by atoms with van der Waals surface area (Å²) in [6.45, 7) is 36.7. The number of H-pyrrole nitrogens is 4. The third kappa shape index (κ3) is 9.60. The summed E-state index contributed by atoms with van der Waals surface area (Å²) in [4.78, 5) is 40.6. The zero-order valence-electron chi connectivity index (χ0n) is 57.0. The maximum atomic E-state index is 5.96. The molecule has 4 aromatic carbocycles. The fourth-order valence-corrected chi connectivity index (χ4v) is 16.0. The van der Waals surface area contributed by atoms with Crippen LogP contribution < -0.4 is 32.1 Å². The molecule has 0 aliphatic carbocycles. The molecule has 9 heterocycles. The van der Waals surface area contributed by atoms with E-state index in [1.165, 1.54) is 89.1 Å². The number of benzene rings is 4. The van der Waals surface area contributed by atoms with E-state index in [0.717, 1.165) is 184 Å². The highest BCUT2D eigenvalue weighted by molar-refractivity contribution is 6.37.